The van der Waals surface area contributed by atoms with Gasteiger partial charge in [-0.3, -0.25) is 9.36 Å². The fourth-order valence-electron chi connectivity index (χ4n) is 1.45. The number of unbranched alkanes of at least 4 members (excludes halogenated alkanes) is 1. The average Bonchev–Trinajstić information content (AvgIpc) is 2.22. The van der Waals surface area contributed by atoms with Gasteiger partial charge < -0.3 is 5.32 Å². The van der Waals surface area contributed by atoms with E-state index in [0.29, 0.717) is 3.57 Å². The Bertz CT molecular complexity index is 409. The highest BCUT2D eigenvalue weighted by Crippen LogP contribution is 2.00. The van der Waals surface area contributed by atoms with Crippen LogP contribution >= 0.6 is 22.6 Å². The first-order valence-electron chi connectivity index (χ1n) is 5.85. The highest BCUT2D eigenvalue weighted by molar-refractivity contribution is 14.1. The number of aromatic nitrogens is 2. The van der Waals surface area contributed by atoms with Crippen molar-refractivity contribution in [2.24, 2.45) is 0 Å². The summed E-state index contributed by atoms with van der Waals surface area (Å²) in [5.41, 5.74) is 0.227. The molecule has 5 heteroatoms. The third-order valence-electron chi connectivity index (χ3n) is 2.34. The molecule has 0 amide bonds. The van der Waals surface area contributed by atoms with Crippen LogP contribution in [0.3, 0.4) is 0 Å². The first kappa shape index (κ1) is 14.6. The molecule has 0 bridgehead atoms. The molecule has 0 spiro atoms. The summed E-state index contributed by atoms with van der Waals surface area (Å²) >= 11 is 2.02. The van der Waals surface area contributed by atoms with E-state index in [1.807, 2.05) is 22.6 Å². The van der Waals surface area contributed by atoms with Crippen LogP contribution in [-0.4, -0.2) is 21.6 Å². The van der Waals surface area contributed by atoms with Gasteiger partial charge in [0.25, 0.3) is 5.56 Å². The van der Waals surface area contributed by atoms with Crippen LogP contribution in [0.4, 0.5) is 0 Å². The molecule has 0 aliphatic heterocycles. The Hall–Kier alpha value is -0.430. The Labute approximate surface area is 116 Å². The van der Waals surface area contributed by atoms with Crippen molar-refractivity contribution >= 4 is 22.6 Å². The van der Waals surface area contributed by atoms with Gasteiger partial charge in [0.1, 0.15) is 0 Å². The van der Waals surface area contributed by atoms with Gasteiger partial charge in [-0.2, -0.15) is 0 Å². The minimum absolute atomic E-state index is 0.0596. The fraction of sp³-hybridized carbons (Fsp3) is 0.667. The number of hydrogen-bond donors (Lipinski definition) is 1. The van der Waals surface area contributed by atoms with E-state index in [4.69, 9.17) is 0 Å². The first-order chi connectivity index (χ1) is 7.90. The van der Waals surface area contributed by atoms with E-state index in [1.165, 1.54) is 0 Å². The zero-order valence-electron chi connectivity index (χ0n) is 10.7. The van der Waals surface area contributed by atoms with Crippen molar-refractivity contribution in [1.82, 2.24) is 14.9 Å². The van der Waals surface area contributed by atoms with Gasteiger partial charge in [-0.1, -0.05) is 0 Å². The van der Waals surface area contributed by atoms with Gasteiger partial charge >= 0.3 is 0 Å². The zero-order chi connectivity index (χ0) is 12.9. The second-order valence-corrected chi connectivity index (χ2v) is 6.29. The maximum absolute atomic E-state index is 11.7. The summed E-state index contributed by atoms with van der Waals surface area (Å²) in [6.07, 6.45) is 5.27. The van der Waals surface area contributed by atoms with Crippen LogP contribution in [0.15, 0.2) is 17.3 Å². The largest absolute Gasteiger partial charge is 0.312 e. The van der Waals surface area contributed by atoms with E-state index >= 15 is 0 Å². The quantitative estimate of drug-likeness (QED) is 0.654. The first-order valence-corrected chi connectivity index (χ1v) is 6.93. The lowest BCUT2D eigenvalue weighted by molar-refractivity contribution is 0.413. The second kappa shape index (κ2) is 6.49. The van der Waals surface area contributed by atoms with E-state index in [2.05, 4.69) is 31.1 Å². The molecule has 0 radical (unpaired) electrons. The van der Waals surface area contributed by atoms with Crippen LogP contribution in [0.25, 0.3) is 0 Å². The molecule has 0 saturated carbocycles. The number of hydrogen-bond acceptors (Lipinski definition) is 3. The SMILES string of the molecule is CC(C)(C)NCCCCn1cncc(I)c1=O. The minimum Gasteiger partial charge on any atom is -0.312 e. The second-order valence-electron chi connectivity index (χ2n) is 5.12. The summed E-state index contributed by atoms with van der Waals surface area (Å²) in [5, 5.41) is 3.43. The highest BCUT2D eigenvalue weighted by Gasteiger charge is 2.07. The smallest absolute Gasteiger partial charge is 0.266 e. The van der Waals surface area contributed by atoms with Crippen LogP contribution in [0.1, 0.15) is 33.6 Å². The minimum atomic E-state index is 0.0596. The topological polar surface area (TPSA) is 46.9 Å². The number of rotatable bonds is 5. The van der Waals surface area contributed by atoms with Gasteiger partial charge in [0.15, 0.2) is 0 Å². The van der Waals surface area contributed by atoms with Crippen molar-refractivity contribution in [2.45, 2.75) is 45.7 Å². The molecular formula is C12H20IN3O. The summed E-state index contributed by atoms with van der Waals surface area (Å²) in [5.74, 6) is 0. The Morgan fingerprint density at radius 3 is 2.76 bits per heavy atom. The highest BCUT2D eigenvalue weighted by atomic mass is 127. The molecule has 0 atom stereocenters. The van der Waals surface area contributed by atoms with Gasteiger partial charge in [-0.15, -0.1) is 0 Å². The van der Waals surface area contributed by atoms with E-state index in [-0.39, 0.29) is 11.1 Å². The molecular weight excluding hydrogens is 329 g/mol. The van der Waals surface area contributed by atoms with Gasteiger partial charge in [0, 0.05) is 18.3 Å². The van der Waals surface area contributed by atoms with E-state index in [9.17, 15) is 4.79 Å². The number of nitrogens with zero attached hydrogens (tertiary/aromatic N) is 2. The molecule has 17 heavy (non-hydrogen) atoms. The predicted molar refractivity (Wildman–Crippen MR) is 78.2 cm³/mol. The van der Waals surface area contributed by atoms with Gasteiger partial charge in [-0.05, 0) is 62.7 Å². The normalized spacial score (nSPS) is 11.8. The molecule has 1 heterocycles. The van der Waals surface area contributed by atoms with E-state index in [1.54, 1.807) is 17.1 Å². The molecule has 0 unspecified atom stereocenters. The third kappa shape index (κ3) is 5.63. The lowest BCUT2D eigenvalue weighted by atomic mass is 10.1. The molecule has 1 aromatic heterocycles. The maximum Gasteiger partial charge on any atom is 0.266 e. The standard InChI is InChI=1S/C12H20IN3O/c1-12(2,3)15-6-4-5-7-16-9-14-8-10(13)11(16)17/h8-9,15H,4-7H2,1-3H3. The summed E-state index contributed by atoms with van der Waals surface area (Å²) in [7, 11) is 0. The Morgan fingerprint density at radius 1 is 1.41 bits per heavy atom. The molecule has 0 fully saturated rings. The van der Waals surface area contributed by atoms with Gasteiger partial charge in [0.2, 0.25) is 0 Å². The Morgan fingerprint density at radius 2 is 2.12 bits per heavy atom. The summed E-state index contributed by atoms with van der Waals surface area (Å²) in [4.78, 5) is 15.7. The van der Waals surface area contributed by atoms with Crippen LogP contribution in [-0.2, 0) is 6.54 Å². The van der Waals surface area contributed by atoms with Crippen LogP contribution in [0, 0.1) is 3.57 Å². The van der Waals surface area contributed by atoms with Crippen molar-refractivity contribution < 1.29 is 0 Å². The number of halogens is 1. The summed E-state index contributed by atoms with van der Waals surface area (Å²) < 4.78 is 2.36. The van der Waals surface area contributed by atoms with Gasteiger partial charge in [-0.25, -0.2) is 4.98 Å². The van der Waals surface area contributed by atoms with Gasteiger partial charge in [0.05, 0.1) is 9.90 Å². The molecule has 1 rings (SSSR count). The Kier molecular flexibility index (Phi) is 5.58. The number of nitrogens with one attached hydrogen (secondary N) is 1. The molecule has 0 aliphatic carbocycles. The van der Waals surface area contributed by atoms with Crippen molar-refractivity contribution in [2.75, 3.05) is 6.54 Å². The fourth-order valence-corrected chi connectivity index (χ4v) is 1.92. The third-order valence-corrected chi connectivity index (χ3v) is 3.08. The average molecular weight is 349 g/mol. The number of aryl methyl sites for hydroxylation is 1. The lowest BCUT2D eigenvalue weighted by Crippen LogP contribution is -2.36. The maximum atomic E-state index is 11.7. The van der Waals surface area contributed by atoms with Crippen molar-refractivity contribution in [1.29, 1.82) is 0 Å². The monoisotopic (exact) mass is 349 g/mol. The van der Waals surface area contributed by atoms with Crippen molar-refractivity contribution in [3.05, 3.63) is 26.4 Å². The molecule has 0 saturated heterocycles. The lowest BCUT2D eigenvalue weighted by Gasteiger charge is -2.20. The summed E-state index contributed by atoms with van der Waals surface area (Å²) in [6, 6.07) is 0. The predicted octanol–water partition coefficient (Wildman–Crippen LogP) is 2.02. The van der Waals surface area contributed by atoms with Crippen LogP contribution in [0.2, 0.25) is 0 Å². The van der Waals surface area contributed by atoms with Crippen LogP contribution in [0.5, 0.6) is 0 Å². The molecule has 1 aromatic rings. The molecule has 0 aliphatic rings. The molecule has 96 valence electrons. The summed E-state index contributed by atoms with van der Waals surface area (Å²) in [6.45, 7) is 8.19. The molecule has 4 nitrogen and oxygen atoms in total. The van der Waals surface area contributed by atoms with Crippen LogP contribution < -0.4 is 10.9 Å². The van der Waals surface area contributed by atoms with E-state index in [0.717, 1.165) is 25.9 Å². The van der Waals surface area contributed by atoms with Crippen molar-refractivity contribution in [3.63, 3.8) is 0 Å². The molecule has 1 N–H and O–H groups in total. The Balaban J connectivity index is 2.32. The molecule has 0 aromatic carbocycles. The van der Waals surface area contributed by atoms with E-state index < -0.39 is 0 Å². The zero-order valence-corrected chi connectivity index (χ0v) is 12.8. The van der Waals surface area contributed by atoms with Crippen molar-refractivity contribution in [3.8, 4) is 0 Å².